The third-order valence-corrected chi connectivity index (χ3v) is 11.8. The fourth-order valence-corrected chi connectivity index (χ4v) is 11.0. The maximum atomic E-state index is 2.54. The standard InChI is InChI=1S/C14H17PSi.2ClH.Zr/c1-16(2)15-13-9-5-8-12(13)10-14(15)11-6-3-4-7-11;;;/h3-6,8-10,14-15H,7H2,1-2H3;2*1H;/q;;;+2/p-2. The van der Waals surface area contributed by atoms with Crippen LogP contribution in [0.5, 0.6) is 0 Å². The zero-order valence-electron chi connectivity index (χ0n) is 11.1. The minimum Gasteiger partial charge on any atom is -1.00 e. The summed E-state index contributed by atoms with van der Waals surface area (Å²) in [4.78, 5) is 0. The molecule has 2 atom stereocenters. The Bertz CT molecular complexity index is 538. The summed E-state index contributed by atoms with van der Waals surface area (Å²) in [6, 6.07) is 0. The first kappa shape index (κ1) is 19.8. The van der Waals surface area contributed by atoms with Crippen LogP contribution in [0.3, 0.4) is 0 Å². The summed E-state index contributed by atoms with van der Waals surface area (Å²) in [7, 11) is -0.503. The largest absolute Gasteiger partial charge is 2.00 e. The van der Waals surface area contributed by atoms with Crippen LogP contribution >= 0.6 is 7.06 Å². The van der Waals surface area contributed by atoms with Crippen LogP contribution in [0, 0.1) is 0 Å². The molecular weight excluding hydrogens is 389 g/mol. The Morgan fingerprint density at radius 2 is 1.89 bits per heavy atom. The zero-order chi connectivity index (χ0) is 11.1. The van der Waals surface area contributed by atoms with E-state index in [0.717, 1.165) is 5.66 Å². The van der Waals surface area contributed by atoms with Crippen molar-refractivity contribution < 1.29 is 51.0 Å². The molecule has 0 saturated heterocycles. The third-order valence-electron chi connectivity index (χ3n) is 3.54. The van der Waals surface area contributed by atoms with E-state index < -0.39 is 0 Å². The van der Waals surface area contributed by atoms with E-state index in [1.54, 1.807) is 10.9 Å². The maximum absolute atomic E-state index is 2.54. The number of fused-ring (bicyclic) bond motifs is 1. The molecule has 3 aliphatic rings. The van der Waals surface area contributed by atoms with Crippen LogP contribution in [0.15, 0.2) is 59.0 Å². The Labute approximate surface area is 149 Å². The van der Waals surface area contributed by atoms with Gasteiger partial charge >= 0.3 is 26.2 Å². The second kappa shape index (κ2) is 8.30. The van der Waals surface area contributed by atoms with Crippen molar-refractivity contribution in [2.75, 3.05) is 0 Å². The van der Waals surface area contributed by atoms with Crippen molar-refractivity contribution in [3.63, 3.8) is 0 Å². The van der Waals surface area contributed by atoms with Gasteiger partial charge in [0.1, 0.15) is 0 Å². The molecule has 0 nitrogen and oxygen atoms in total. The van der Waals surface area contributed by atoms with Crippen LogP contribution in [0.1, 0.15) is 6.42 Å². The molecule has 0 radical (unpaired) electrons. The van der Waals surface area contributed by atoms with E-state index in [-0.39, 0.29) is 66.1 Å². The third kappa shape index (κ3) is 3.72. The molecule has 0 amide bonds. The van der Waals surface area contributed by atoms with Crippen molar-refractivity contribution in [1.29, 1.82) is 0 Å². The van der Waals surface area contributed by atoms with Crippen LogP contribution in [-0.2, 0) is 26.2 Å². The molecule has 1 aliphatic heterocycles. The summed E-state index contributed by atoms with van der Waals surface area (Å²) in [6.07, 6.45) is 17.5. The van der Waals surface area contributed by atoms with Crippen LogP contribution in [0.25, 0.3) is 0 Å². The summed E-state index contributed by atoms with van der Waals surface area (Å²) in [6.45, 7) is 4.98. The monoisotopic (exact) mass is 404 g/mol. The van der Waals surface area contributed by atoms with Crippen molar-refractivity contribution >= 4 is 15.1 Å². The van der Waals surface area contributed by atoms with Gasteiger partial charge in [-0.3, -0.25) is 0 Å². The summed E-state index contributed by atoms with van der Waals surface area (Å²) >= 11 is 0. The fraction of sp³-hybridized carbons (Fsp3) is 0.286. The summed E-state index contributed by atoms with van der Waals surface area (Å²) in [5.41, 5.74) is 3.99. The molecule has 19 heavy (non-hydrogen) atoms. The van der Waals surface area contributed by atoms with Crippen LogP contribution < -0.4 is 24.8 Å². The minimum absolute atomic E-state index is 0. The van der Waals surface area contributed by atoms with E-state index in [4.69, 9.17) is 0 Å². The van der Waals surface area contributed by atoms with E-state index >= 15 is 0 Å². The van der Waals surface area contributed by atoms with Gasteiger partial charge < -0.3 is 24.8 Å². The molecule has 0 aromatic carbocycles. The van der Waals surface area contributed by atoms with E-state index in [9.17, 15) is 0 Å². The van der Waals surface area contributed by atoms with Crippen molar-refractivity contribution in [3.05, 3.63) is 59.0 Å². The molecule has 0 saturated carbocycles. The van der Waals surface area contributed by atoms with E-state index in [1.807, 2.05) is 0 Å². The quantitative estimate of drug-likeness (QED) is 0.353. The van der Waals surface area contributed by atoms with Gasteiger partial charge in [-0.05, 0) is 17.3 Å². The summed E-state index contributed by atoms with van der Waals surface area (Å²) in [5, 5.41) is 1.71. The SMILES string of the molecule is C[Si](C)=[PH]1C2=CC=CC2=CC1C1=CC=CC1.[Cl-].[Cl-].[Zr+2]. The second-order valence-electron chi connectivity index (χ2n) is 4.83. The number of rotatable bonds is 1. The molecule has 1 heterocycles. The Morgan fingerprint density at radius 1 is 1.16 bits per heavy atom. The van der Waals surface area contributed by atoms with Gasteiger partial charge in [0.2, 0.25) is 0 Å². The van der Waals surface area contributed by atoms with Crippen LogP contribution in [0.4, 0.5) is 0 Å². The number of hydrogen-bond acceptors (Lipinski definition) is 0. The number of halogens is 2. The van der Waals surface area contributed by atoms with Gasteiger partial charge in [-0.1, -0.05) is 68.3 Å². The van der Waals surface area contributed by atoms with E-state index in [2.05, 4.69) is 55.6 Å². The maximum Gasteiger partial charge on any atom is 2.00 e. The van der Waals surface area contributed by atoms with E-state index in [0.29, 0.717) is 0 Å². The van der Waals surface area contributed by atoms with Gasteiger partial charge in [0.25, 0.3) is 0 Å². The van der Waals surface area contributed by atoms with Gasteiger partial charge in [0.05, 0.1) is 0 Å². The Kier molecular flexibility index (Phi) is 8.65. The molecule has 2 unspecified atom stereocenters. The first-order valence-corrected chi connectivity index (χ1v) is 11.0. The summed E-state index contributed by atoms with van der Waals surface area (Å²) in [5.74, 6) is 0. The van der Waals surface area contributed by atoms with Crippen LogP contribution in [0.2, 0.25) is 13.1 Å². The van der Waals surface area contributed by atoms with Crippen molar-refractivity contribution in [2.45, 2.75) is 25.2 Å². The molecule has 0 spiro atoms. The van der Waals surface area contributed by atoms with Crippen molar-refractivity contribution in [2.24, 2.45) is 0 Å². The molecule has 0 N–H and O–H groups in total. The Hall–Kier alpha value is 0.810. The van der Waals surface area contributed by atoms with E-state index in [1.165, 1.54) is 12.0 Å². The zero-order valence-corrected chi connectivity index (χ0v) is 17.1. The molecule has 3 rings (SSSR count). The molecule has 0 aromatic heterocycles. The summed E-state index contributed by atoms with van der Waals surface area (Å²) < 4.78 is 0. The van der Waals surface area contributed by atoms with Gasteiger partial charge in [-0.2, -0.15) is 0 Å². The first-order chi connectivity index (χ1) is 7.77. The molecule has 5 heteroatoms. The Morgan fingerprint density at radius 3 is 2.47 bits per heavy atom. The average Bonchev–Trinajstić information content (AvgIpc) is 2.92. The Balaban J connectivity index is 0.00000108. The molecule has 0 bridgehead atoms. The van der Waals surface area contributed by atoms with Gasteiger partial charge in [0, 0.05) is 13.7 Å². The molecule has 0 aromatic rings. The first-order valence-electron chi connectivity index (χ1n) is 5.91. The molecular formula is C14H17Cl2PSiZr. The minimum atomic E-state index is -0.326. The van der Waals surface area contributed by atoms with Gasteiger partial charge in [-0.25, -0.2) is 0 Å². The fourth-order valence-electron chi connectivity index (χ4n) is 2.82. The van der Waals surface area contributed by atoms with Crippen molar-refractivity contribution in [3.8, 4) is 0 Å². The number of allylic oxidation sites excluding steroid dienone is 10. The normalized spacial score (nSPS) is 25.5. The predicted molar refractivity (Wildman–Crippen MR) is 76.7 cm³/mol. The van der Waals surface area contributed by atoms with Gasteiger partial charge in [-0.15, -0.1) is 0 Å². The average molecular weight is 406 g/mol. The molecule has 100 valence electrons. The second-order valence-corrected chi connectivity index (χ2v) is 13.4. The van der Waals surface area contributed by atoms with Gasteiger partial charge in [0.15, 0.2) is 0 Å². The molecule has 0 fully saturated rings. The topological polar surface area (TPSA) is 0 Å². The predicted octanol–water partition coefficient (Wildman–Crippen LogP) is -1.89. The molecule has 2 aliphatic carbocycles. The van der Waals surface area contributed by atoms with Crippen molar-refractivity contribution in [1.82, 2.24) is 0 Å². The number of hydrogen-bond donors (Lipinski definition) is 0. The smallest absolute Gasteiger partial charge is 1.00 e. The van der Waals surface area contributed by atoms with Crippen LogP contribution in [-0.4, -0.2) is 13.7 Å².